The van der Waals surface area contributed by atoms with E-state index in [1.165, 1.54) is 5.69 Å². The van der Waals surface area contributed by atoms with Crippen molar-refractivity contribution in [1.82, 2.24) is 9.97 Å². The van der Waals surface area contributed by atoms with Gasteiger partial charge in [-0.2, -0.15) is 0 Å². The van der Waals surface area contributed by atoms with Crippen LogP contribution in [0.3, 0.4) is 0 Å². The Kier molecular flexibility index (Phi) is 3.64. The first-order chi connectivity index (χ1) is 9.33. The minimum atomic E-state index is 0.816. The van der Waals surface area contributed by atoms with Crippen molar-refractivity contribution in [3.63, 3.8) is 0 Å². The second kappa shape index (κ2) is 5.57. The van der Waals surface area contributed by atoms with Gasteiger partial charge in [-0.25, -0.2) is 9.97 Å². The molecule has 0 radical (unpaired) electrons. The standard InChI is InChI=1S/C14H15BrN4/c15-12-10-16-14(17-11-12)19-8-6-18(7-9-19)13-4-2-1-3-5-13/h1-5,10-11H,6-9H2. The predicted octanol–water partition coefficient (Wildman–Crippen LogP) is 2.57. The summed E-state index contributed by atoms with van der Waals surface area (Å²) in [5, 5.41) is 0. The lowest BCUT2D eigenvalue weighted by molar-refractivity contribution is 0.640. The highest BCUT2D eigenvalue weighted by Gasteiger charge is 2.18. The van der Waals surface area contributed by atoms with Crippen LogP contribution in [0.15, 0.2) is 47.2 Å². The van der Waals surface area contributed by atoms with Crippen molar-refractivity contribution < 1.29 is 0 Å². The Morgan fingerprint density at radius 1 is 0.842 bits per heavy atom. The first-order valence-corrected chi connectivity index (χ1v) is 7.15. The molecule has 98 valence electrons. The Morgan fingerprint density at radius 3 is 2.05 bits per heavy atom. The van der Waals surface area contributed by atoms with Gasteiger partial charge in [0.25, 0.3) is 0 Å². The first kappa shape index (κ1) is 12.4. The number of nitrogens with zero attached hydrogens (tertiary/aromatic N) is 4. The number of halogens is 1. The molecule has 0 spiro atoms. The zero-order chi connectivity index (χ0) is 13.1. The lowest BCUT2D eigenvalue weighted by Crippen LogP contribution is -2.47. The van der Waals surface area contributed by atoms with Gasteiger partial charge in [-0.05, 0) is 28.1 Å². The van der Waals surface area contributed by atoms with Crippen molar-refractivity contribution in [2.45, 2.75) is 0 Å². The number of benzene rings is 1. The fraction of sp³-hybridized carbons (Fsp3) is 0.286. The Hall–Kier alpha value is -1.62. The van der Waals surface area contributed by atoms with Gasteiger partial charge in [0.15, 0.2) is 0 Å². The van der Waals surface area contributed by atoms with E-state index in [2.05, 4.69) is 66.0 Å². The first-order valence-electron chi connectivity index (χ1n) is 6.35. The summed E-state index contributed by atoms with van der Waals surface area (Å²) < 4.78 is 0.916. The quantitative estimate of drug-likeness (QED) is 0.852. The Morgan fingerprint density at radius 2 is 1.42 bits per heavy atom. The molecule has 5 heteroatoms. The molecule has 1 aliphatic heterocycles. The molecule has 0 unspecified atom stereocenters. The van der Waals surface area contributed by atoms with Crippen molar-refractivity contribution >= 4 is 27.6 Å². The lowest BCUT2D eigenvalue weighted by atomic mass is 10.2. The summed E-state index contributed by atoms with van der Waals surface area (Å²) in [5.41, 5.74) is 1.29. The van der Waals surface area contributed by atoms with Gasteiger partial charge in [0.1, 0.15) is 0 Å². The van der Waals surface area contributed by atoms with Gasteiger partial charge in [-0.15, -0.1) is 0 Å². The maximum atomic E-state index is 4.35. The topological polar surface area (TPSA) is 32.3 Å². The maximum Gasteiger partial charge on any atom is 0.225 e. The molecule has 0 N–H and O–H groups in total. The van der Waals surface area contributed by atoms with Crippen LogP contribution >= 0.6 is 15.9 Å². The second-order valence-electron chi connectivity index (χ2n) is 4.51. The SMILES string of the molecule is Brc1cnc(N2CCN(c3ccccc3)CC2)nc1. The summed E-state index contributed by atoms with van der Waals surface area (Å²) in [6.45, 7) is 3.92. The Bertz CT molecular complexity index is 521. The Labute approximate surface area is 121 Å². The lowest BCUT2D eigenvalue weighted by Gasteiger charge is -2.36. The normalized spacial score (nSPS) is 15.6. The summed E-state index contributed by atoms with van der Waals surface area (Å²) >= 11 is 3.36. The van der Waals surface area contributed by atoms with Crippen LogP contribution in [-0.4, -0.2) is 36.1 Å². The molecule has 0 saturated carbocycles. The van der Waals surface area contributed by atoms with E-state index in [0.717, 1.165) is 36.6 Å². The number of rotatable bonds is 2. The van der Waals surface area contributed by atoms with Gasteiger partial charge < -0.3 is 9.80 Å². The molecular formula is C14H15BrN4. The molecule has 0 aliphatic carbocycles. The average molecular weight is 319 g/mol. The van der Waals surface area contributed by atoms with Crippen molar-refractivity contribution in [3.05, 3.63) is 47.2 Å². The molecule has 2 heterocycles. The Balaban J connectivity index is 1.65. The zero-order valence-corrected chi connectivity index (χ0v) is 12.1. The molecule has 2 aromatic rings. The van der Waals surface area contributed by atoms with Gasteiger partial charge in [-0.3, -0.25) is 0 Å². The van der Waals surface area contributed by atoms with E-state index in [4.69, 9.17) is 0 Å². The van der Waals surface area contributed by atoms with Crippen LogP contribution in [0.5, 0.6) is 0 Å². The van der Waals surface area contributed by atoms with Crippen molar-refractivity contribution in [1.29, 1.82) is 0 Å². The number of aromatic nitrogens is 2. The van der Waals surface area contributed by atoms with Crippen LogP contribution in [0.2, 0.25) is 0 Å². The van der Waals surface area contributed by atoms with Gasteiger partial charge >= 0.3 is 0 Å². The van der Waals surface area contributed by atoms with E-state index in [1.807, 2.05) is 0 Å². The molecular weight excluding hydrogens is 304 g/mol. The van der Waals surface area contributed by atoms with Gasteiger partial charge in [-0.1, -0.05) is 18.2 Å². The van der Waals surface area contributed by atoms with Crippen LogP contribution in [0.1, 0.15) is 0 Å². The predicted molar refractivity (Wildman–Crippen MR) is 80.6 cm³/mol. The average Bonchev–Trinajstić information content (AvgIpc) is 2.49. The van der Waals surface area contributed by atoms with E-state index in [-0.39, 0.29) is 0 Å². The largest absolute Gasteiger partial charge is 0.368 e. The molecule has 3 rings (SSSR count). The van der Waals surface area contributed by atoms with E-state index in [1.54, 1.807) is 12.4 Å². The van der Waals surface area contributed by atoms with Crippen molar-refractivity contribution in [3.8, 4) is 0 Å². The summed E-state index contributed by atoms with van der Waals surface area (Å²) in [4.78, 5) is 13.3. The van der Waals surface area contributed by atoms with Crippen LogP contribution in [0, 0.1) is 0 Å². The summed E-state index contributed by atoms with van der Waals surface area (Å²) in [6, 6.07) is 10.5. The minimum Gasteiger partial charge on any atom is -0.368 e. The molecule has 1 saturated heterocycles. The highest BCUT2D eigenvalue weighted by Crippen LogP contribution is 2.18. The molecule has 1 aliphatic rings. The summed E-state index contributed by atoms with van der Waals surface area (Å²) in [6.07, 6.45) is 3.60. The van der Waals surface area contributed by atoms with Gasteiger partial charge in [0, 0.05) is 44.3 Å². The summed E-state index contributed by atoms with van der Waals surface area (Å²) in [7, 11) is 0. The maximum absolute atomic E-state index is 4.35. The highest BCUT2D eigenvalue weighted by atomic mass is 79.9. The van der Waals surface area contributed by atoms with E-state index >= 15 is 0 Å². The molecule has 19 heavy (non-hydrogen) atoms. The second-order valence-corrected chi connectivity index (χ2v) is 5.43. The third kappa shape index (κ3) is 2.87. The third-order valence-corrected chi connectivity index (χ3v) is 3.70. The number of hydrogen-bond donors (Lipinski definition) is 0. The third-order valence-electron chi connectivity index (χ3n) is 3.29. The van der Waals surface area contributed by atoms with E-state index < -0.39 is 0 Å². The molecule has 0 bridgehead atoms. The van der Waals surface area contributed by atoms with Gasteiger partial charge in [0.05, 0.1) is 4.47 Å². The fourth-order valence-corrected chi connectivity index (χ4v) is 2.48. The molecule has 0 atom stereocenters. The van der Waals surface area contributed by atoms with Crippen LogP contribution in [0.25, 0.3) is 0 Å². The minimum absolute atomic E-state index is 0.816. The molecule has 1 fully saturated rings. The zero-order valence-electron chi connectivity index (χ0n) is 10.5. The van der Waals surface area contributed by atoms with Crippen LogP contribution in [-0.2, 0) is 0 Å². The van der Waals surface area contributed by atoms with Crippen LogP contribution < -0.4 is 9.80 Å². The monoisotopic (exact) mass is 318 g/mol. The smallest absolute Gasteiger partial charge is 0.225 e. The van der Waals surface area contributed by atoms with Crippen molar-refractivity contribution in [2.75, 3.05) is 36.0 Å². The fourth-order valence-electron chi connectivity index (χ4n) is 2.27. The number of hydrogen-bond acceptors (Lipinski definition) is 4. The number of para-hydroxylation sites is 1. The molecule has 0 amide bonds. The number of piperazine rings is 1. The molecule has 1 aromatic carbocycles. The van der Waals surface area contributed by atoms with E-state index in [9.17, 15) is 0 Å². The highest BCUT2D eigenvalue weighted by molar-refractivity contribution is 9.10. The molecule has 1 aromatic heterocycles. The van der Waals surface area contributed by atoms with Crippen LogP contribution in [0.4, 0.5) is 11.6 Å². The summed E-state index contributed by atoms with van der Waals surface area (Å²) in [5.74, 6) is 0.816. The molecule has 4 nitrogen and oxygen atoms in total. The number of anilines is 2. The van der Waals surface area contributed by atoms with Crippen molar-refractivity contribution in [2.24, 2.45) is 0 Å². The van der Waals surface area contributed by atoms with E-state index in [0.29, 0.717) is 0 Å². The van der Waals surface area contributed by atoms with Gasteiger partial charge in [0.2, 0.25) is 5.95 Å².